The van der Waals surface area contributed by atoms with E-state index in [2.05, 4.69) is 15.0 Å². The van der Waals surface area contributed by atoms with Crippen molar-refractivity contribution in [3.05, 3.63) is 59.8 Å². The van der Waals surface area contributed by atoms with E-state index >= 15 is 0 Å². The molecule has 0 aromatic carbocycles. The Balaban J connectivity index is 1.49. The number of aromatic amines is 1. The summed E-state index contributed by atoms with van der Waals surface area (Å²) in [5, 5.41) is 0.687. The Hall–Kier alpha value is -3.55. The molecule has 0 unspecified atom stereocenters. The average molecular weight is 391 g/mol. The van der Waals surface area contributed by atoms with Crippen LogP contribution < -0.4 is 0 Å². The van der Waals surface area contributed by atoms with Crippen LogP contribution in [0.15, 0.2) is 42.9 Å². The molecule has 0 bridgehead atoms. The highest BCUT2D eigenvalue weighted by molar-refractivity contribution is 6.45. The monoisotopic (exact) mass is 391 g/mol. The minimum atomic E-state index is -0.558. The standard InChI is InChI=1S/C21H21N5O3/c1-13-12-25(20(28)17-5-3-4-7-23-17)9-10-26(13)21(29)19(27)16-11-24-18-14(2)22-8-6-15(16)18/h3-8,11,13,24H,9-10,12H2,1-2H3/t13-/m0/s1. The third-order valence-electron chi connectivity index (χ3n) is 5.29. The molecular formula is C21H21N5O3. The molecule has 0 aliphatic carbocycles. The maximum Gasteiger partial charge on any atom is 0.295 e. The quantitative estimate of drug-likeness (QED) is 0.542. The Kier molecular flexibility index (Phi) is 4.84. The number of aromatic nitrogens is 3. The molecule has 0 saturated carbocycles. The van der Waals surface area contributed by atoms with E-state index in [-0.39, 0.29) is 11.9 Å². The lowest BCUT2D eigenvalue weighted by Crippen LogP contribution is -2.56. The molecule has 2 amide bonds. The summed E-state index contributed by atoms with van der Waals surface area (Å²) in [7, 11) is 0. The number of carbonyl (C=O) groups is 3. The number of pyridine rings is 2. The van der Waals surface area contributed by atoms with E-state index in [1.54, 1.807) is 47.8 Å². The number of hydrogen-bond donors (Lipinski definition) is 1. The predicted molar refractivity (Wildman–Crippen MR) is 106 cm³/mol. The molecule has 29 heavy (non-hydrogen) atoms. The van der Waals surface area contributed by atoms with Crippen LogP contribution in [0.1, 0.15) is 33.5 Å². The number of hydrogen-bond acceptors (Lipinski definition) is 5. The van der Waals surface area contributed by atoms with E-state index in [9.17, 15) is 14.4 Å². The molecule has 3 aromatic rings. The van der Waals surface area contributed by atoms with Crippen LogP contribution in [0.2, 0.25) is 0 Å². The summed E-state index contributed by atoms with van der Waals surface area (Å²) in [5.41, 5.74) is 2.24. The van der Waals surface area contributed by atoms with Crippen molar-refractivity contribution < 1.29 is 14.4 Å². The number of ketones is 1. The first-order valence-electron chi connectivity index (χ1n) is 9.45. The zero-order valence-electron chi connectivity index (χ0n) is 16.3. The molecule has 0 radical (unpaired) electrons. The van der Waals surface area contributed by atoms with Crippen LogP contribution >= 0.6 is 0 Å². The van der Waals surface area contributed by atoms with Crippen molar-refractivity contribution in [2.45, 2.75) is 19.9 Å². The molecule has 4 rings (SSSR count). The first kappa shape index (κ1) is 18.8. The van der Waals surface area contributed by atoms with Crippen molar-refractivity contribution in [3.8, 4) is 0 Å². The number of piperazine rings is 1. The second-order valence-electron chi connectivity index (χ2n) is 7.16. The van der Waals surface area contributed by atoms with Gasteiger partial charge in [-0.05, 0) is 32.0 Å². The number of carbonyl (C=O) groups excluding carboxylic acids is 3. The van der Waals surface area contributed by atoms with Gasteiger partial charge >= 0.3 is 0 Å². The van der Waals surface area contributed by atoms with Crippen LogP contribution in [-0.2, 0) is 4.79 Å². The van der Waals surface area contributed by atoms with Crippen LogP contribution in [0, 0.1) is 6.92 Å². The van der Waals surface area contributed by atoms with Gasteiger partial charge in [0.15, 0.2) is 0 Å². The number of aryl methyl sites for hydroxylation is 1. The predicted octanol–water partition coefficient (Wildman–Crippen LogP) is 1.82. The van der Waals surface area contributed by atoms with Crippen LogP contribution in [-0.4, -0.2) is 68.0 Å². The van der Waals surface area contributed by atoms with Gasteiger partial charge < -0.3 is 14.8 Å². The van der Waals surface area contributed by atoms with Gasteiger partial charge in [-0.1, -0.05) is 6.07 Å². The molecule has 1 atom stereocenters. The van der Waals surface area contributed by atoms with E-state index in [0.717, 1.165) is 11.2 Å². The van der Waals surface area contributed by atoms with Gasteiger partial charge in [0, 0.05) is 49.7 Å². The summed E-state index contributed by atoms with van der Waals surface area (Å²) >= 11 is 0. The highest BCUT2D eigenvalue weighted by Crippen LogP contribution is 2.22. The van der Waals surface area contributed by atoms with Crippen LogP contribution in [0.4, 0.5) is 0 Å². The topological polar surface area (TPSA) is 99.3 Å². The smallest absolute Gasteiger partial charge is 0.295 e. The zero-order valence-corrected chi connectivity index (χ0v) is 16.3. The molecule has 1 N–H and O–H groups in total. The van der Waals surface area contributed by atoms with Gasteiger partial charge in [-0.25, -0.2) is 0 Å². The van der Waals surface area contributed by atoms with Crippen LogP contribution in [0.5, 0.6) is 0 Å². The van der Waals surface area contributed by atoms with Gasteiger partial charge in [0.1, 0.15) is 5.69 Å². The largest absolute Gasteiger partial charge is 0.359 e. The van der Waals surface area contributed by atoms with E-state index in [1.165, 1.54) is 4.90 Å². The van der Waals surface area contributed by atoms with Gasteiger partial charge in [0.2, 0.25) is 0 Å². The Morgan fingerprint density at radius 1 is 1.10 bits per heavy atom. The summed E-state index contributed by atoms with van der Waals surface area (Å²) in [5.74, 6) is -1.29. The Labute approximate surface area is 167 Å². The van der Waals surface area contributed by atoms with Gasteiger partial charge in [0.05, 0.1) is 16.8 Å². The number of fused-ring (bicyclic) bond motifs is 1. The Morgan fingerprint density at radius 3 is 2.66 bits per heavy atom. The number of rotatable bonds is 3. The lowest BCUT2D eigenvalue weighted by atomic mass is 10.1. The molecule has 3 aromatic heterocycles. The molecule has 8 heteroatoms. The molecular weight excluding hydrogens is 370 g/mol. The lowest BCUT2D eigenvalue weighted by Gasteiger charge is -2.39. The summed E-state index contributed by atoms with van der Waals surface area (Å²) < 4.78 is 0. The van der Waals surface area contributed by atoms with Crippen LogP contribution in [0.25, 0.3) is 10.9 Å². The molecule has 0 spiro atoms. The molecule has 148 valence electrons. The summed E-state index contributed by atoms with van der Waals surface area (Å²) in [6, 6.07) is 6.64. The molecule has 4 heterocycles. The van der Waals surface area contributed by atoms with Crippen LogP contribution in [0.3, 0.4) is 0 Å². The molecule has 1 fully saturated rings. The first-order valence-corrected chi connectivity index (χ1v) is 9.45. The fraction of sp³-hybridized carbons (Fsp3) is 0.286. The summed E-state index contributed by atoms with van der Waals surface area (Å²) in [6.45, 7) is 4.69. The van der Waals surface area contributed by atoms with E-state index in [4.69, 9.17) is 0 Å². The van der Waals surface area contributed by atoms with Gasteiger partial charge in [-0.15, -0.1) is 0 Å². The molecule has 8 nitrogen and oxygen atoms in total. The van der Waals surface area contributed by atoms with E-state index in [1.807, 2.05) is 13.8 Å². The van der Waals surface area contributed by atoms with Gasteiger partial charge in [-0.2, -0.15) is 0 Å². The zero-order chi connectivity index (χ0) is 20.5. The maximum absolute atomic E-state index is 12.9. The minimum Gasteiger partial charge on any atom is -0.359 e. The Bertz CT molecular complexity index is 1090. The number of nitrogens with zero attached hydrogens (tertiary/aromatic N) is 4. The Morgan fingerprint density at radius 2 is 1.93 bits per heavy atom. The molecule has 1 saturated heterocycles. The highest BCUT2D eigenvalue weighted by Gasteiger charge is 2.34. The molecule has 1 aliphatic heterocycles. The fourth-order valence-electron chi connectivity index (χ4n) is 3.72. The van der Waals surface area contributed by atoms with Gasteiger partial charge in [-0.3, -0.25) is 24.4 Å². The van der Waals surface area contributed by atoms with Gasteiger partial charge in [0.25, 0.3) is 17.6 Å². The number of nitrogens with one attached hydrogen (secondary N) is 1. The van der Waals surface area contributed by atoms with Crippen molar-refractivity contribution in [1.29, 1.82) is 0 Å². The van der Waals surface area contributed by atoms with Crippen molar-refractivity contribution in [2.24, 2.45) is 0 Å². The maximum atomic E-state index is 12.9. The SMILES string of the molecule is Cc1nccc2c(C(=O)C(=O)N3CCN(C(=O)c4ccccn4)C[C@@H]3C)c[nH]c12. The summed E-state index contributed by atoms with van der Waals surface area (Å²) in [4.78, 5) is 52.9. The normalized spacial score (nSPS) is 16.8. The van der Waals surface area contributed by atoms with Crippen molar-refractivity contribution in [1.82, 2.24) is 24.8 Å². The van der Waals surface area contributed by atoms with Crippen molar-refractivity contribution >= 4 is 28.5 Å². The number of amides is 2. The number of H-pyrrole nitrogens is 1. The molecule has 1 aliphatic rings. The first-order chi connectivity index (χ1) is 14.0. The van der Waals surface area contributed by atoms with E-state index < -0.39 is 11.7 Å². The second kappa shape index (κ2) is 7.46. The number of Topliss-reactive ketones (excluding diaryl/α,β-unsaturated/α-hetero) is 1. The third-order valence-corrected chi connectivity index (χ3v) is 5.29. The third kappa shape index (κ3) is 3.37. The lowest BCUT2D eigenvalue weighted by molar-refractivity contribution is -0.130. The van der Waals surface area contributed by atoms with Crippen molar-refractivity contribution in [2.75, 3.05) is 19.6 Å². The second-order valence-corrected chi connectivity index (χ2v) is 7.16. The summed E-state index contributed by atoms with van der Waals surface area (Å²) in [6.07, 6.45) is 4.76. The fourth-order valence-corrected chi connectivity index (χ4v) is 3.72. The minimum absolute atomic E-state index is 0.171. The highest BCUT2D eigenvalue weighted by atomic mass is 16.2. The van der Waals surface area contributed by atoms with E-state index in [0.29, 0.717) is 36.3 Å². The van der Waals surface area contributed by atoms with Crippen molar-refractivity contribution in [3.63, 3.8) is 0 Å². The average Bonchev–Trinajstić information content (AvgIpc) is 3.18.